The van der Waals surface area contributed by atoms with Gasteiger partial charge in [-0.1, -0.05) is 35.1 Å². The van der Waals surface area contributed by atoms with E-state index in [0.717, 1.165) is 28.5 Å². The maximum Gasteiger partial charge on any atom is 0.243 e. The fourth-order valence-electron chi connectivity index (χ4n) is 4.42. The molecule has 0 bridgehead atoms. The summed E-state index contributed by atoms with van der Waals surface area (Å²) in [6, 6.07) is 12.1. The molecule has 1 fully saturated rings. The van der Waals surface area contributed by atoms with E-state index in [1.165, 1.54) is 15.3 Å². The van der Waals surface area contributed by atoms with Gasteiger partial charge in [-0.15, -0.1) is 0 Å². The number of rotatable bonds is 6. The molecule has 1 saturated heterocycles. The van der Waals surface area contributed by atoms with Gasteiger partial charge in [-0.05, 0) is 49.6 Å². The van der Waals surface area contributed by atoms with Crippen LogP contribution in [-0.4, -0.2) is 41.7 Å². The second-order valence-electron chi connectivity index (χ2n) is 9.03. The molecule has 1 atom stereocenters. The minimum atomic E-state index is -3.78. The quantitative estimate of drug-likeness (QED) is 0.346. The van der Waals surface area contributed by atoms with Gasteiger partial charge in [-0.25, -0.2) is 22.2 Å². The summed E-state index contributed by atoms with van der Waals surface area (Å²) in [5.74, 6) is -2.49. The third-order valence-corrected chi connectivity index (χ3v) is 9.26. The molecule has 1 unspecified atom stereocenters. The first-order chi connectivity index (χ1) is 17.7. The van der Waals surface area contributed by atoms with Gasteiger partial charge < -0.3 is 0 Å². The summed E-state index contributed by atoms with van der Waals surface area (Å²) in [7, 11) is -3.78. The highest BCUT2D eigenvalue weighted by Gasteiger charge is 2.36. The third kappa shape index (κ3) is 5.25. The smallest absolute Gasteiger partial charge is 0.243 e. The van der Waals surface area contributed by atoms with Gasteiger partial charge in [-0.2, -0.15) is 4.31 Å². The van der Waals surface area contributed by atoms with E-state index in [0.29, 0.717) is 19.4 Å². The highest BCUT2D eigenvalue weighted by Crippen LogP contribution is 2.34. The largest absolute Gasteiger partial charge is 0.283 e. The molecule has 0 spiro atoms. The Morgan fingerprint density at radius 2 is 1.97 bits per heavy atom. The van der Waals surface area contributed by atoms with E-state index in [4.69, 9.17) is 0 Å². The Hall–Kier alpha value is -3.28. The summed E-state index contributed by atoms with van der Waals surface area (Å²) in [5.41, 5.74) is 1.66. The summed E-state index contributed by atoms with van der Waals surface area (Å²) in [5, 5.41) is 0.215. The van der Waals surface area contributed by atoms with Crippen LogP contribution in [0.1, 0.15) is 24.0 Å². The molecule has 11 heteroatoms. The minimum Gasteiger partial charge on any atom is -0.283 e. The number of aromatic nitrogens is 2. The molecule has 0 N–H and O–H groups in total. The van der Waals surface area contributed by atoms with Gasteiger partial charge in [0.1, 0.15) is 11.3 Å². The fraction of sp³-hybridized carbons (Fsp3) is 0.269. The van der Waals surface area contributed by atoms with E-state index in [1.807, 2.05) is 6.92 Å². The van der Waals surface area contributed by atoms with Crippen molar-refractivity contribution in [1.82, 2.24) is 14.3 Å². The number of fused-ring (bicyclic) bond motifs is 1. The maximum atomic E-state index is 14.4. The predicted octanol–water partition coefficient (Wildman–Crippen LogP) is 4.91. The molecular weight excluding hydrogens is 518 g/mol. The number of halogens is 2. The predicted molar refractivity (Wildman–Crippen MR) is 138 cm³/mol. The van der Waals surface area contributed by atoms with Gasteiger partial charge in [-0.3, -0.25) is 14.7 Å². The van der Waals surface area contributed by atoms with Crippen LogP contribution in [0, 0.1) is 24.5 Å². The van der Waals surface area contributed by atoms with Crippen LogP contribution in [-0.2, 0) is 21.4 Å². The molecule has 5 rings (SSSR count). The summed E-state index contributed by atoms with van der Waals surface area (Å²) in [4.78, 5) is 23.9. The van der Waals surface area contributed by atoms with Crippen molar-refractivity contribution >= 4 is 42.6 Å². The Balaban J connectivity index is 1.46. The number of hydrogen-bond acceptors (Lipinski definition) is 6. The fourth-order valence-corrected chi connectivity index (χ4v) is 6.95. The molecule has 4 aromatic rings. The number of anilines is 1. The Bertz CT molecular complexity index is 1540. The maximum absolute atomic E-state index is 14.4. The van der Waals surface area contributed by atoms with Crippen molar-refractivity contribution in [2.45, 2.75) is 31.2 Å². The number of hydrogen-bond donors (Lipinski definition) is 0. The van der Waals surface area contributed by atoms with Crippen LogP contribution in [0.2, 0.25) is 0 Å². The molecular formula is C26H24F2N4O3S2. The number of aryl methyl sites for hydroxylation is 1. The van der Waals surface area contributed by atoms with Crippen LogP contribution in [0.3, 0.4) is 0 Å². The SMILES string of the molecule is Cc1ccc(S(=O)(=O)N2CCCC(C(=O)N(Cc3cccnc3)c3nc4c(F)cc(F)cc4s3)C2)cc1. The standard InChI is InChI=1S/C26H24F2N4O3S2/c1-17-6-8-21(9-7-17)37(34,35)31-11-3-5-19(16-31)25(33)32(15-18-4-2-10-29-14-18)26-30-24-22(28)12-20(27)13-23(24)36-26/h2,4,6-10,12-14,19H,3,5,11,15-16H2,1H3. The summed E-state index contributed by atoms with van der Waals surface area (Å²) >= 11 is 1.01. The van der Waals surface area contributed by atoms with Gasteiger partial charge in [0.05, 0.1) is 22.1 Å². The van der Waals surface area contributed by atoms with Crippen LogP contribution >= 0.6 is 11.3 Å². The lowest BCUT2D eigenvalue weighted by Gasteiger charge is -2.33. The van der Waals surface area contributed by atoms with Crippen molar-refractivity contribution in [3.63, 3.8) is 0 Å². The van der Waals surface area contributed by atoms with E-state index < -0.39 is 27.6 Å². The summed E-state index contributed by atoms with van der Waals surface area (Å²) in [6.07, 6.45) is 4.24. The van der Waals surface area contributed by atoms with Crippen molar-refractivity contribution < 1.29 is 22.0 Å². The van der Waals surface area contributed by atoms with Gasteiger partial charge in [0.25, 0.3) is 0 Å². The normalized spacial score (nSPS) is 16.7. The molecule has 0 saturated carbocycles. The van der Waals surface area contributed by atoms with Gasteiger partial charge in [0.2, 0.25) is 15.9 Å². The first-order valence-electron chi connectivity index (χ1n) is 11.7. The van der Waals surface area contributed by atoms with Crippen molar-refractivity contribution in [2.24, 2.45) is 5.92 Å². The van der Waals surface area contributed by atoms with Crippen molar-refractivity contribution in [3.05, 3.63) is 83.7 Å². The number of pyridine rings is 1. The molecule has 37 heavy (non-hydrogen) atoms. The first-order valence-corrected chi connectivity index (χ1v) is 14.0. The molecule has 1 amide bonds. The number of sulfonamides is 1. The van der Waals surface area contributed by atoms with Crippen molar-refractivity contribution in [3.8, 4) is 0 Å². The zero-order chi connectivity index (χ0) is 26.2. The number of carbonyl (C=O) groups excluding carboxylic acids is 1. The van der Waals surface area contributed by atoms with Crippen LogP contribution in [0.4, 0.5) is 13.9 Å². The zero-order valence-corrected chi connectivity index (χ0v) is 21.6. The summed E-state index contributed by atoms with van der Waals surface area (Å²) in [6.45, 7) is 2.32. The number of nitrogens with zero attached hydrogens (tertiary/aromatic N) is 4. The highest BCUT2D eigenvalue weighted by molar-refractivity contribution is 7.89. The Kier molecular flexibility index (Phi) is 7.02. The van der Waals surface area contributed by atoms with Crippen LogP contribution in [0.5, 0.6) is 0 Å². The zero-order valence-electron chi connectivity index (χ0n) is 20.0. The minimum absolute atomic E-state index is 0.0161. The monoisotopic (exact) mass is 542 g/mol. The van der Waals surface area contributed by atoms with Gasteiger partial charge in [0, 0.05) is 31.5 Å². The number of benzene rings is 2. The number of amides is 1. The number of piperidine rings is 1. The Labute approximate surface area is 217 Å². The molecule has 7 nitrogen and oxygen atoms in total. The Morgan fingerprint density at radius 1 is 1.19 bits per heavy atom. The van der Waals surface area contributed by atoms with E-state index in [2.05, 4.69) is 9.97 Å². The van der Waals surface area contributed by atoms with Crippen LogP contribution in [0.15, 0.2) is 65.8 Å². The lowest BCUT2D eigenvalue weighted by atomic mass is 9.98. The van der Waals surface area contributed by atoms with Crippen molar-refractivity contribution in [2.75, 3.05) is 18.0 Å². The van der Waals surface area contributed by atoms with Gasteiger partial charge >= 0.3 is 0 Å². The number of thiazole rings is 1. The lowest BCUT2D eigenvalue weighted by molar-refractivity contribution is -0.123. The third-order valence-electron chi connectivity index (χ3n) is 6.35. The average Bonchev–Trinajstić information content (AvgIpc) is 3.32. The molecule has 2 aromatic heterocycles. The van der Waals surface area contributed by atoms with Crippen LogP contribution in [0.25, 0.3) is 10.2 Å². The second kappa shape index (κ2) is 10.2. The van der Waals surface area contributed by atoms with Gasteiger partial charge in [0.15, 0.2) is 10.9 Å². The van der Waals surface area contributed by atoms with E-state index in [1.54, 1.807) is 48.8 Å². The lowest BCUT2D eigenvalue weighted by Crippen LogP contribution is -2.46. The van der Waals surface area contributed by atoms with Crippen LogP contribution < -0.4 is 4.90 Å². The second-order valence-corrected chi connectivity index (χ2v) is 12.0. The molecule has 1 aliphatic rings. The van der Waals surface area contributed by atoms with E-state index >= 15 is 0 Å². The molecule has 0 aliphatic carbocycles. The first kappa shape index (κ1) is 25.4. The van der Waals surface area contributed by atoms with E-state index in [9.17, 15) is 22.0 Å². The molecule has 2 aromatic carbocycles. The topological polar surface area (TPSA) is 83.5 Å². The molecule has 3 heterocycles. The van der Waals surface area contributed by atoms with E-state index in [-0.39, 0.29) is 39.2 Å². The summed E-state index contributed by atoms with van der Waals surface area (Å²) < 4.78 is 56.4. The number of carbonyl (C=O) groups is 1. The molecule has 1 aliphatic heterocycles. The Morgan fingerprint density at radius 3 is 2.70 bits per heavy atom. The molecule has 192 valence electrons. The van der Waals surface area contributed by atoms with Crippen molar-refractivity contribution in [1.29, 1.82) is 0 Å². The average molecular weight is 543 g/mol. The molecule has 0 radical (unpaired) electrons. The highest BCUT2D eigenvalue weighted by atomic mass is 32.2.